The van der Waals surface area contributed by atoms with Crippen LogP contribution in [0.1, 0.15) is 2.85 Å². The van der Waals surface area contributed by atoms with E-state index in [1.165, 1.54) is 0 Å². The zero-order valence-electron chi connectivity index (χ0n) is 15.8. The maximum atomic E-state index is 10.4. The smallest absolute Gasteiger partial charge is 1.00 e. The third-order valence-corrected chi connectivity index (χ3v) is 2.14. The summed E-state index contributed by atoms with van der Waals surface area (Å²) in [5.74, 6) is -6.12. The van der Waals surface area contributed by atoms with Gasteiger partial charge in [0.15, 0.2) is 0 Å². The van der Waals surface area contributed by atoms with Gasteiger partial charge in [0.25, 0.3) is 0 Å². The van der Waals surface area contributed by atoms with Gasteiger partial charge in [0, 0.05) is 39.3 Å². The number of rotatable bonds is 11. The quantitative estimate of drug-likeness (QED) is 0.295. The molecule has 0 saturated carbocycles. The van der Waals surface area contributed by atoms with Crippen molar-refractivity contribution in [3.05, 3.63) is 0 Å². The van der Waals surface area contributed by atoms with E-state index in [0.717, 1.165) is 9.80 Å². The van der Waals surface area contributed by atoms with Gasteiger partial charge in [0.05, 0.1) is 23.9 Å². The Kier molecular flexibility index (Phi) is 33.4. The first kappa shape index (κ1) is 37.1. The number of nitrogens with zero attached hydrogens (tertiary/aromatic N) is 2. The Balaban J connectivity index is -0.000000120. The molecule has 0 aliphatic carbocycles. The first-order valence-corrected chi connectivity index (χ1v) is 5.44. The summed E-state index contributed by atoms with van der Waals surface area (Å²) in [6.07, 6.45) is 0. The molecule has 0 fully saturated rings. The summed E-state index contributed by atoms with van der Waals surface area (Å²) >= 11 is 0. The molecule has 118 valence electrons. The van der Waals surface area contributed by atoms with Crippen molar-refractivity contribution < 1.29 is 102 Å². The molecule has 0 aliphatic rings. The van der Waals surface area contributed by atoms with Gasteiger partial charge in [-0.1, -0.05) is 0 Å². The van der Waals surface area contributed by atoms with E-state index < -0.39 is 50.1 Å². The Morgan fingerprint density at radius 2 is 0.750 bits per heavy atom. The van der Waals surface area contributed by atoms with Gasteiger partial charge < -0.3 is 42.5 Å². The second-order valence-electron chi connectivity index (χ2n) is 3.91. The molecule has 14 heteroatoms. The second-order valence-corrected chi connectivity index (χ2v) is 3.91. The number of aliphatic carboxylic acids is 4. The number of carboxylic acid groups (broad SMARTS) is 4. The van der Waals surface area contributed by atoms with Crippen molar-refractivity contribution in [3.63, 3.8) is 0 Å². The van der Waals surface area contributed by atoms with Crippen LogP contribution in [0.15, 0.2) is 0 Å². The van der Waals surface area contributed by atoms with Gasteiger partial charge in [-0.3, -0.25) is 9.80 Å². The standard InChI is InChI=1S/C10H16N2O8.2Ca.2Na.2H/c13-7(14)3-11(4-8(15)16)1-2-12(5-9(17)18)6-10(19)20;;;;;;/h1-6H2,(H,13,14)(H,15,16)(H,17,18)(H,19,20);;;;;;/q;2*+2;2*+1;2*-1/p-4. The molecule has 0 amide bonds. The van der Waals surface area contributed by atoms with Crippen molar-refractivity contribution >= 4 is 99.4 Å². The number of carboxylic acids is 4. The molecule has 0 unspecified atom stereocenters. The van der Waals surface area contributed by atoms with E-state index in [1.54, 1.807) is 0 Å². The van der Waals surface area contributed by atoms with Crippen molar-refractivity contribution in [2.45, 2.75) is 0 Å². The molecule has 24 heavy (non-hydrogen) atoms. The summed E-state index contributed by atoms with van der Waals surface area (Å²) < 4.78 is 0. The fourth-order valence-corrected chi connectivity index (χ4v) is 1.44. The first-order chi connectivity index (χ1) is 9.20. The van der Waals surface area contributed by atoms with Crippen LogP contribution in [-0.4, -0.2) is 148 Å². The minimum atomic E-state index is -1.53. The van der Waals surface area contributed by atoms with Gasteiger partial charge in [-0.25, -0.2) is 0 Å². The SMILES string of the molecule is O=C([O-])CN(CCN(CC(=O)[O-])CC(=O)[O-])CC(=O)[O-].[Ca+2].[Ca+2].[H-].[H-].[Na+].[Na+]. The number of carbonyl (C=O) groups excluding carboxylic acids is 4. The summed E-state index contributed by atoms with van der Waals surface area (Å²) in [6.45, 7) is -3.25. The van der Waals surface area contributed by atoms with Gasteiger partial charge in [0.2, 0.25) is 0 Å². The molecule has 0 aromatic rings. The van der Waals surface area contributed by atoms with Crippen molar-refractivity contribution in [2.24, 2.45) is 0 Å². The Hall–Kier alpha value is 2.32. The van der Waals surface area contributed by atoms with E-state index in [4.69, 9.17) is 0 Å². The molecule has 0 N–H and O–H groups in total. The van der Waals surface area contributed by atoms with Crippen LogP contribution in [0.25, 0.3) is 0 Å². The molecule has 0 rings (SSSR count). The minimum Gasteiger partial charge on any atom is -1.00 e. The van der Waals surface area contributed by atoms with Gasteiger partial charge in [-0.15, -0.1) is 0 Å². The van der Waals surface area contributed by atoms with Crippen LogP contribution in [-0.2, 0) is 19.2 Å². The molecule has 0 heterocycles. The maximum Gasteiger partial charge on any atom is 2.00 e. The van der Waals surface area contributed by atoms with Crippen molar-refractivity contribution in [1.29, 1.82) is 0 Å². The topological polar surface area (TPSA) is 167 Å². The van der Waals surface area contributed by atoms with Crippen LogP contribution >= 0.6 is 0 Å². The van der Waals surface area contributed by atoms with E-state index in [-0.39, 0.29) is 151 Å². The molecular weight excluding hydrogens is 402 g/mol. The molecule has 0 aromatic carbocycles. The molecule has 0 atom stereocenters. The molecule has 0 spiro atoms. The number of hydrogen-bond donors (Lipinski definition) is 0. The average Bonchev–Trinajstić information content (AvgIpc) is 2.22. The predicted molar refractivity (Wildman–Crippen MR) is 66.6 cm³/mol. The Bertz CT molecular complexity index is 345. The third-order valence-electron chi connectivity index (χ3n) is 2.14. The van der Waals surface area contributed by atoms with Crippen LogP contribution in [0, 0.1) is 0 Å². The van der Waals surface area contributed by atoms with E-state index in [9.17, 15) is 39.6 Å². The molecule has 0 aliphatic heterocycles. The van der Waals surface area contributed by atoms with E-state index in [0.29, 0.717) is 0 Å². The minimum absolute atomic E-state index is 0. The molecule has 10 nitrogen and oxygen atoms in total. The largest absolute Gasteiger partial charge is 2.00 e. The van der Waals surface area contributed by atoms with Crippen LogP contribution in [0.5, 0.6) is 0 Å². The van der Waals surface area contributed by atoms with E-state index >= 15 is 0 Å². The summed E-state index contributed by atoms with van der Waals surface area (Å²) in [5, 5.41) is 41.6. The fraction of sp³-hybridized carbons (Fsp3) is 0.600. The van der Waals surface area contributed by atoms with Crippen LogP contribution < -0.4 is 79.5 Å². The van der Waals surface area contributed by atoms with Crippen LogP contribution in [0.2, 0.25) is 0 Å². The number of hydrogen-bond acceptors (Lipinski definition) is 10. The van der Waals surface area contributed by atoms with Crippen molar-refractivity contribution in [3.8, 4) is 0 Å². The Morgan fingerprint density at radius 1 is 0.583 bits per heavy atom. The summed E-state index contributed by atoms with van der Waals surface area (Å²) in [5.41, 5.74) is 0. The van der Waals surface area contributed by atoms with E-state index in [1.807, 2.05) is 0 Å². The second kappa shape index (κ2) is 21.6. The third kappa shape index (κ3) is 24.3. The van der Waals surface area contributed by atoms with Gasteiger partial charge in [-0.2, -0.15) is 0 Å². The monoisotopic (exact) mass is 416 g/mol. The normalized spacial score (nSPS) is 8.92. The molecule has 0 radical (unpaired) electrons. The van der Waals surface area contributed by atoms with Crippen LogP contribution in [0.4, 0.5) is 0 Å². The first-order valence-electron chi connectivity index (χ1n) is 5.44. The fourth-order valence-electron chi connectivity index (χ4n) is 1.44. The van der Waals surface area contributed by atoms with Crippen molar-refractivity contribution in [1.82, 2.24) is 9.80 Å². The summed E-state index contributed by atoms with van der Waals surface area (Å²) in [4.78, 5) is 43.4. The average molecular weight is 416 g/mol. The maximum absolute atomic E-state index is 10.4. The summed E-state index contributed by atoms with van der Waals surface area (Å²) in [6, 6.07) is 0. The Labute approximate surface area is 245 Å². The molecular formula is C10H14Ca2N2Na2O8. The molecule has 0 saturated heterocycles. The van der Waals surface area contributed by atoms with Crippen LogP contribution in [0.3, 0.4) is 0 Å². The van der Waals surface area contributed by atoms with Gasteiger partial charge >= 0.3 is 135 Å². The molecule has 0 bridgehead atoms. The van der Waals surface area contributed by atoms with E-state index in [2.05, 4.69) is 0 Å². The zero-order chi connectivity index (χ0) is 15.7. The van der Waals surface area contributed by atoms with Gasteiger partial charge in [0.1, 0.15) is 0 Å². The van der Waals surface area contributed by atoms with Crippen molar-refractivity contribution in [2.75, 3.05) is 39.3 Å². The summed E-state index contributed by atoms with van der Waals surface area (Å²) in [7, 11) is 0. The zero-order valence-corrected chi connectivity index (χ0v) is 22.2. The predicted octanol–water partition coefficient (Wildman–Crippen LogP) is -13.9. The Morgan fingerprint density at radius 3 is 0.875 bits per heavy atom. The molecule has 0 aromatic heterocycles. The number of carbonyl (C=O) groups is 4. The van der Waals surface area contributed by atoms with Gasteiger partial charge in [-0.05, 0) is 0 Å².